The molecule has 1 aliphatic heterocycles. The Balaban J connectivity index is 1.78. The number of carbonyl (C=O) groups is 1. The second-order valence-electron chi connectivity index (χ2n) is 4.47. The van der Waals surface area contributed by atoms with Gasteiger partial charge in [-0.2, -0.15) is 5.10 Å². The van der Waals surface area contributed by atoms with Gasteiger partial charge >= 0.3 is 0 Å². The fraction of sp³-hybridized carbons (Fsp3) is 0.200. The molecule has 0 amide bonds. The van der Waals surface area contributed by atoms with Crippen molar-refractivity contribution in [2.24, 2.45) is 7.05 Å². The highest BCUT2D eigenvalue weighted by molar-refractivity contribution is 6.07. The van der Waals surface area contributed by atoms with Crippen molar-refractivity contribution in [2.75, 3.05) is 13.2 Å². The van der Waals surface area contributed by atoms with Crippen LogP contribution in [-0.2, 0) is 7.05 Å². The fourth-order valence-electron chi connectivity index (χ4n) is 1.98. The zero-order chi connectivity index (χ0) is 13.9. The number of aryl methyl sites for hydroxylation is 1. The molecule has 2 heterocycles. The monoisotopic (exact) mass is 270 g/mol. The summed E-state index contributed by atoms with van der Waals surface area (Å²) in [6.45, 7) is 1.05. The molecule has 0 radical (unpaired) electrons. The molecular weight excluding hydrogens is 256 g/mol. The highest BCUT2D eigenvalue weighted by Crippen LogP contribution is 2.30. The number of hydrogen-bond acceptors (Lipinski definition) is 4. The summed E-state index contributed by atoms with van der Waals surface area (Å²) in [5.74, 6) is 1.21. The van der Waals surface area contributed by atoms with E-state index in [1.165, 1.54) is 6.08 Å². The molecule has 102 valence electrons. The van der Waals surface area contributed by atoms with Gasteiger partial charge in [-0.05, 0) is 36.4 Å². The molecule has 1 aromatic heterocycles. The van der Waals surface area contributed by atoms with Crippen LogP contribution in [0.25, 0.3) is 6.08 Å². The summed E-state index contributed by atoms with van der Waals surface area (Å²) < 4.78 is 12.6. The summed E-state index contributed by atoms with van der Waals surface area (Å²) in [6.07, 6.45) is 5.03. The Morgan fingerprint density at radius 3 is 2.80 bits per heavy atom. The third kappa shape index (κ3) is 2.56. The number of benzene rings is 1. The largest absolute Gasteiger partial charge is 0.486 e. The molecule has 0 saturated carbocycles. The van der Waals surface area contributed by atoms with Gasteiger partial charge in [-0.3, -0.25) is 9.48 Å². The van der Waals surface area contributed by atoms with Crippen molar-refractivity contribution in [2.45, 2.75) is 0 Å². The van der Waals surface area contributed by atoms with Crippen molar-refractivity contribution >= 4 is 11.9 Å². The minimum absolute atomic E-state index is 0.0902. The van der Waals surface area contributed by atoms with Crippen molar-refractivity contribution in [3.05, 3.63) is 47.8 Å². The minimum atomic E-state index is -0.0902. The smallest absolute Gasteiger partial charge is 0.186 e. The molecule has 1 aromatic carbocycles. The van der Waals surface area contributed by atoms with Crippen LogP contribution in [0.5, 0.6) is 11.5 Å². The van der Waals surface area contributed by atoms with Crippen LogP contribution in [0.15, 0.2) is 36.5 Å². The average molecular weight is 270 g/mol. The predicted molar refractivity (Wildman–Crippen MR) is 74.0 cm³/mol. The molecular formula is C15H14N2O3. The van der Waals surface area contributed by atoms with E-state index in [0.717, 1.165) is 5.69 Å². The van der Waals surface area contributed by atoms with Gasteiger partial charge in [0.1, 0.15) is 13.2 Å². The molecule has 0 atom stereocenters. The molecule has 0 fully saturated rings. The number of ketones is 1. The van der Waals surface area contributed by atoms with Crippen LogP contribution in [0.1, 0.15) is 16.1 Å². The van der Waals surface area contributed by atoms with Crippen LogP contribution >= 0.6 is 0 Å². The SMILES string of the molecule is Cn1ccc(/C=C/C(=O)c2ccc3c(c2)OCCO3)n1. The summed E-state index contributed by atoms with van der Waals surface area (Å²) in [7, 11) is 1.83. The maximum atomic E-state index is 12.1. The van der Waals surface area contributed by atoms with E-state index < -0.39 is 0 Å². The molecule has 0 spiro atoms. The van der Waals surface area contributed by atoms with E-state index in [2.05, 4.69) is 5.10 Å². The van der Waals surface area contributed by atoms with Crippen LogP contribution in [0.4, 0.5) is 0 Å². The van der Waals surface area contributed by atoms with Crippen molar-refractivity contribution in [1.29, 1.82) is 0 Å². The second-order valence-corrected chi connectivity index (χ2v) is 4.47. The quantitative estimate of drug-likeness (QED) is 0.633. The van der Waals surface area contributed by atoms with Gasteiger partial charge in [0.2, 0.25) is 0 Å². The van der Waals surface area contributed by atoms with Crippen LogP contribution in [0, 0.1) is 0 Å². The molecule has 20 heavy (non-hydrogen) atoms. The lowest BCUT2D eigenvalue weighted by Crippen LogP contribution is -2.15. The predicted octanol–water partition coefficient (Wildman–Crippen LogP) is 2.09. The first-order valence-electron chi connectivity index (χ1n) is 6.34. The number of nitrogens with zero attached hydrogens (tertiary/aromatic N) is 2. The molecule has 2 aromatic rings. The van der Waals surface area contributed by atoms with Crippen LogP contribution in [0.2, 0.25) is 0 Å². The van der Waals surface area contributed by atoms with Gasteiger partial charge in [-0.25, -0.2) is 0 Å². The van der Waals surface area contributed by atoms with Gasteiger partial charge in [0.15, 0.2) is 17.3 Å². The zero-order valence-electron chi connectivity index (χ0n) is 11.1. The highest BCUT2D eigenvalue weighted by atomic mass is 16.6. The number of ether oxygens (including phenoxy) is 2. The molecule has 5 heteroatoms. The fourth-order valence-corrected chi connectivity index (χ4v) is 1.98. The Hall–Kier alpha value is -2.56. The lowest BCUT2D eigenvalue weighted by molar-refractivity contribution is 0.104. The number of carbonyl (C=O) groups excluding carboxylic acids is 1. The summed E-state index contributed by atoms with van der Waals surface area (Å²) in [5, 5.41) is 4.18. The number of aromatic nitrogens is 2. The number of hydrogen-bond donors (Lipinski definition) is 0. The summed E-state index contributed by atoms with van der Waals surface area (Å²) in [5.41, 5.74) is 1.32. The normalized spacial score (nSPS) is 13.7. The molecule has 1 aliphatic rings. The molecule has 5 nitrogen and oxygen atoms in total. The van der Waals surface area contributed by atoms with E-state index in [0.29, 0.717) is 30.3 Å². The van der Waals surface area contributed by atoms with E-state index in [4.69, 9.17) is 9.47 Å². The summed E-state index contributed by atoms with van der Waals surface area (Å²) in [4.78, 5) is 12.1. The Morgan fingerprint density at radius 2 is 2.05 bits per heavy atom. The van der Waals surface area contributed by atoms with Gasteiger partial charge in [0.25, 0.3) is 0 Å². The van der Waals surface area contributed by atoms with E-state index >= 15 is 0 Å². The van der Waals surface area contributed by atoms with E-state index in [1.54, 1.807) is 29.0 Å². The standard InChI is InChI=1S/C15H14N2O3/c1-17-7-6-12(16-17)3-4-13(18)11-2-5-14-15(10-11)20-9-8-19-14/h2-7,10H,8-9H2,1H3/b4-3+. The maximum Gasteiger partial charge on any atom is 0.186 e. The van der Waals surface area contributed by atoms with Crippen molar-refractivity contribution in [3.63, 3.8) is 0 Å². The Labute approximate surface area is 116 Å². The third-order valence-electron chi connectivity index (χ3n) is 2.97. The average Bonchev–Trinajstić information content (AvgIpc) is 2.90. The first-order valence-corrected chi connectivity index (χ1v) is 6.34. The van der Waals surface area contributed by atoms with Gasteiger partial charge in [0, 0.05) is 18.8 Å². The number of rotatable bonds is 3. The lowest BCUT2D eigenvalue weighted by Gasteiger charge is -2.18. The third-order valence-corrected chi connectivity index (χ3v) is 2.97. The first-order chi connectivity index (χ1) is 9.72. The number of fused-ring (bicyclic) bond motifs is 1. The van der Waals surface area contributed by atoms with Gasteiger partial charge in [0.05, 0.1) is 5.69 Å². The summed E-state index contributed by atoms with van der Waals surface area (Å²) in [6, 6.07) is 7.04. The lowest BCUT2D eigenvalue weighted by atomic mass is 10.1. The Bertz CT molecular complexity index is 674. The molecule has 0 N–H and O–H groups in total. The maximum absolute atomic E-state index is 12.1. The second kappa shape index (κ2) is 5.21. The molecule has 0 aliphatic carbocycles. The Kier molecular flexibility index (Phi) is 3.25. The van der Waals surface area contributed by atoms with Gasteiger partial charge < -0.3 is 9.47 Å². The summed E-state index contributed by atoms with van der Waals surface area (Å²) >= 11 is 0. The molecule has 0 bridgehead atoms. The van der Waals surface area contributed by atoms with Crippen LogP contribution in [-0.4, -0.2) is 28.8 Å². The van der Waals surface area contributed by atoms with Crippen molar-refractivity contribution in [1.82, 2.24) is 9.78 Å². The first kappa shape index (κ1) is 12.5. The zero-order valence-corrected chi connectivity index (χ0v) is 11.1. The van der Waals surface area contributed by atoms with Crippen molar-refractivity contribution in [3.8, 4) is 11.5 Å². The van der Waals surface area contributed by atoms with Crippen molar-refractivity contribution < 1.29 is 14.3 Å². The van der Waals surface area contributed by atoms with E-state index in [-0.39, 0.29) is 5.78 Å². The van der Waals surface area contributed by atoms with E-state index in [9.17, 15) is 4.79 Å². The van der Waals surface area contributed by atoms with Gasteiger partial charge in [-0.1, -0.05) is 0 Å². The van der Waals surface area contributed by atoms with Crippen LogP contribution in [0.3, 0.4) is 0 Å². The van der Waals surface area contributed by atoms with E-state index in [1.807, 2.05) is 19.3 Å². The Morgan fingerprint density at radius 1 is 1.25 bits per heavy atom. The molecule has 0 unspecified atom stereocenters. The van der Waals surface area contributed by atoms with Gasteiger partial charge in [-0.15, -0.1) is 0 Å². The highest BCUT2D eigenvalue weighted by Gasteiger charge is 2.13. The minimum Gasteiger partial charge on any atom is -0.486 e. The topological polar surface area (TPSA) is 53.4 Å². The molecule has 0 saturated heterocycles. The molecule has 3 rings (SSSR count). The van der Waals surface area contributed by atoms with Crippen LogP contribution < -0.4 is 9.47 Å². The number of allylic oxidation sites excluding steroid dienone is 1.